The highest BCUT2D eigenvalue weighted by Crippen LogP contribution is 2.29. The van der Waals surface area contributed by atoms with Gasteiger partial charge in [-0.2, -0.15) is 4.68 Å². The maximum atomic E-state index is 13.8. The second kappa shape index (κ2) is 7.83. The number of aromatic nitrogens is 6. The monoisotopic (exact) mass is 433 g/mol. The van der Waals surface area contributed by atoms with Gasteiger partial charge in [0.05, 0.1) is 35.9 Å². The molecule has 1 aromatic carbocycles. The standard InChI is InChI=1S/C23H27N7O2/c1-27-11-6-10-18(27)17-14-30(26-25-17)22-21-23(31)28(13-16-7-4-5-12-32-16)19-8-2-3-9-20(19)29(21)15-24-22/h2-3,8-9,14-16,18H,4-7,10-13H2,1H3. The van der Waals surface area contributed by atoms with Crippen LogP contribution >= 0.6 is 0 Å². The molecule has 0 saturated carbocycles. The summed E-state index contributed by atoms with van der Waals surface area (Å²) in [5, 5.41) is 8.76. The topological polar surface area (TPSA) is 82.5 Å². The number of likely N-dealkylation sites (tertiary alicyclic amines) is 1. The summed E-state index contributed by atoms with van der Waals surface area (Å²) < 4.78 is 11.3. The van der Waals surface area contributed by atoms with Crippen LogP contribution in [0.3, 0.4) is 0 Å². The molecule has 0 radical (unpaired) electrons. The Hall–Kier alpha value is -3.04. The Labute approximate surface area is 185 Å². The van der Waals surface area contributed by atoms with Gasteiger partial charge in [-0.15, -0.1) is 5.10 Å². The van der Waals surface area contributed by atoms with Gasteiger partial charge in [0.1, 0.15) is 12.0 Å². The number of rotatable bonds is 4. The number of imidazole rings is 1. The lowest BCUT2D eigenvalue weighted by Crippen LogP contribution is -2.32. The number of para-hydroxylation sites is 2. The summed E-state index contributed by atoms with van der Waals surface area (Å²) in [6, 6.07) is 8.22. The third kappa shape index (κ3) is 3.15. The van der Waals surface area contributed by atoms with Crippen molar-refractivity contribution in [3.8, 4) is 5.82 Å². The molecule has 0 aliphatic carbocycles. The summed E-state index contributed by atoms with van der Waals surface area (Å²) in [5.74, 6) is 0.512. The second-order valence-electron chi connectivity index (χ2n) is 8.91. The third-order valence-corrected chi connectivity index (χ3v) is 6.88. The van der Waals surface area contributed by atoms with Crippen molar-refractivity contribution in [3.05, 3.63) is 52.8 Å². The van der Waals surface area contributed by atoms with Crippen molar-refractivity contribution in [1.82, 2.24) is 33.8 Å². The van der Waals surface area contributed by atoms with Crippen molar-refractivity contribution < 1.29 is 4.74 Å². The minimum atomic E-state index is -0.0830. The van der Waals surface area contributed by atoms with Gasteiger partial charge in [0, 0.05) is 6.61 Å². The largest absolute Gasteiger partial charge is 0.376 e. The highest BCUT2D eigenvalue weighted by atomic mass is 16.5. The van der Waals surface area contributed by atoms with Gasteiger partial charge in [-0.3, -0.25) is 14.1 Å². The van der Waals surface area contributed by atoms with E-state index in [1.54, 1.807) is 11.0 Å². The Morgan fingerprint density at radius 2 is 2.00 bits per heavy atom. The van der Waals surface area contributed by atoms with E-state index in [-0.39, 0.29) is 17.7 Å². The number of hydrogen-bond acceptors (Lipinski definition) is 6. The van der Waals surface area contributed by atoms with Crippen LogP contribution in [0.25, 0.3) is 22.4 Å². The first-order chi connectivity index (χ1) is 15.7. The van der Waals surface area contributed by atoms with Crippen molar-refractivity contribution in [3.63, 3.8) is 0 Å². The van der Waals surface area contributed by atoms with E-state index in [0.717, 1.165) is 62.0 Å². The first-order valence-electron chi connectivity index (χ1n) is 11.4. The van der Waals surface area contributed by atoms with Gasteiger partial charge in [-0.1, -0.05) is 17.3 Å². The van der Waals surface area contributed by atoms with Crippen LogP contribution in [0, 0.1) is 0 Å². The zero-order chi connectivity index (χ0) is 21.7. The molecule has 0 spiro atoms. The SMILES string of the molecule is CN1CCCC1c1cn(-c2ncn3c2c(=O)n(CC2CCCCO2)c2ccccc23)nn1. The molecule has 2 aliphatic rings. The van der Waals surface area contributed by atoms with Crippen LogP contribution in [0.5, 0.6) is 0 Å². The molecule has 32 heavy (non-hydrogen) atoms. The van der Waals surface area contributed by atoms with E-state index < -0.39 is 0 Å². The van der Waals surface area contributed by atoms with E-state index in [1.165, 1.54) is 0 Å². The molecule has 0 amide bonds. The normalized spacial score (nSPS) is 22.3. The number of hydrogen-bond donors (Lipinski definition) is 0. The summed E-state index contributed by atoms with van der Waals surface area (Å²) in [7, 11) is 2.11. The first kappa shape index (κ1) is 19.6. The van der Waals surface area contributed by atoms with E-state index in [0.29, 0.717) is 17.9 Å². The lowest BCUT2D eigenvalue weighted by atomic mass is 10.1. The van der Waals surface area contributed by atoms with E-state index in [4.69, 9.17) is 4.74 Å². The molecule has 0 N–H and O–H groups in total. The second-order valence-corrected chi connectivity index (χ2v) is 8.91. The van der Waals surface area contributed by atoms with Crippen LogP contribution < -0.4 is 5.56 Å². The van der Waals surface area contributed by atoms with Gasteiger partial charge in [0.2, 0.25) is 0 Å². The van der Waals surface area contributed by atoms with E-state index in [9.17, 15) is 4.79 Å². The van der Waals surface area contributed by atoms with Crippen molar-refractivity contribution in [1.29, 1.82) is 0 Å². The van der Waals surface area contributed by atoms with Crippen LogP contribution in [0.2, 0.25) is 0 Å². The Kier molecular flexibility index (Phi) is 4.80. The number of ether oxygens (including phenoxy) is 1. The van der Waals surface area contributed by atoms with Crippen LogP contribution in [-0.4, -0.2) is 60.1 Å². The lowest BCUT2D eigenvalue weighted by Gasteiger charge is -2.24. The number of nitrogens with zero attached hydrogens (tertiary/aromatic N) is 7. The van der Waals surface area contributed by atoms with Crippen molar-refractivity contribution in [2.45, 2.75) is 50.8 Å². The molecule has 2 fully saturated rings. The predicted molar refractivity (Wildman–Crippen MR) is 120 cm³/mol. The Balaban J connectivity index is 1.49. The fourth-order valence-corrected chi connectivity index (χ4v) is 5.17. The molecule has 0 bridgehead atoms. The number of fused-ring (bicyclic) bond motifs is 3. The molecule has 6 rings (SSSR count). The molecule has 2 atom stereocenters. The molecule has 2 aliphatic heterocycles. The van der Waals surface area contributed by atoms with Gasteiger partial charge >= 0.3 is 0 Å². The summed E-state index contributed by atoms with van der Waals surface area (Å²) in [4.78, 5) is 20.6. The average molecular weight is 434 g/mol. The summed E-state index contributed by atoms with van der Waals surface area (Å²) >= 11 is 0. The Bertz CT molecular complexity index is 1330. The predicted octanol–water partition coefficient (Wildman–Crippen LogP) is 2.57. The average Bonchev–Trinajstić information content (AvgIpc) is 3.56. The summed E-state index contributed by atoms with van der Waals surface area (Å²) in [6.45, 7) is 2.36. The van der Waals surface area contributed by atoms with E-state index >= 15 is 0 Å². The van der Waals surface area contributed by atoms with Crippen LogP contribution in [0.4, 0.5) is 0 Å². The fourth-order valence-electron chi connectivity index (χ4n) is 5.17. The van der Waals surface area contributed by atoms with Crippen molar-refractivity contribution >= 4 is 16.6 Å². The summed E-state index contributed by atoms with van der Waals surface area (Å²) in [5.41, 5.74) is 3.17. The van der Waals surface area contributed by atoms with Gasteiger partial charge in [-0.05, 0) is 57.8 Å². The first-order valence-corrected chi connectivity index (χ1v) is 11.4. The quantitative estimate of drug-likeness (QED) is 0.492. The Morgan fingerprint density at radius 3 is 2.78 bits per heavy atom. The van der Waals surface area contributed by atoms with Crippen molar-refractivity contribution in [2.75, 3.05) is 20.2 Å². The van der Waals surface area contributed by atoms with Gasteiger partial charge in [0.15, 0.2) is 11.3 Å². The van der Waals surface area contributed by atoms with E-state index in [2.05, 4.69) is 27.2 Å². The smallest absolute Gasteiger partial charge is 0.279 e. The maximum Gasteiger partial charge on any atom is 0.279 e. The molecule has 166 valence electrons. The van der Waals surface area contributed by atoms with Crippen LogP contribution in [0.1, 0.15) is 43.8 Å². The van der Waals surface area contributed by atoms with Crippen molar-refractivity contribution in [2.24, 2.45) is 0 Å². The van der Waals surface area contributed by atoms with E-state index in [1.807, 2.05) is 39.4 Å². The molecule has 2 unspecified atom stereocenters. The van der Waals surface area contributed by atoms with Gasteiger partial charge in [-0.25, -0.2) is 4.98 Å². The molecule has 3 aromatic heterocycles. The third-order valence-electron chi connectivity index (χ3n) is 6.88. The minimum absolute atomic E-state index is 0.0505. The number of benzene rings is 1. The highest BCUT2D eigenvalue weighted by molar-refractivity contribution is 5.80. The Morgan fingerprint density at radius 1 is 1.12 bits per heavy atom. The molecule has 4 aromatic rings. The maximum absolute atomic E-state index is 13.8. The zero-order valence-corrected chi connectivity index (χ0v) is 18.2. The van der Waals surface area contributed by atoms with Gasteiger partial charge < -0.3 is 9.30 Å². The van der Waals surface area contributed by atoms with Crippen LogP contribution in [-0.2, 0) is 11.3 Å². The molecule has 5 heterocycles. The highest BCUT2D eigenvalue weighted by Gasteiger charge is 2.26. The molecular weight excluding hydrogens is 406 g/mol. The molecule has 9 heteroatoms. The molecule has 2 saturated heterocycles. The molecular formula is C23H27N7O2. The van der Waals surface area contributed by atoms with Gasteiger partial charge in [0.25, 0.3) is 5.56 Å². The summed E-state index contributed by atoms with van der Waals surface area (Å²) in [6.07, 6.45) is 9.09. The lowest BCUT2D eigenvalue weighted by molar-refractivity contribution is 0.00619. The minimum Gasteiger partial charge on any atom is -0.376 e. The molecule has 9 nitrogen and oxygen atoms in total. The fraction of sp³-hybridized carbons (Fsp3) is 0.478. The van der Waals surface area contributed by atoms with Crippen LogP contribution in [0.15, 0.2) is 41.6 Å². The zero-order valence-electron chi connectivity index (χ0n) is 18.2.